The highest BCUT2D eigenvalue weighted by Crippen LogP contribution is 2.56. The summed E-state index contributed by atoms with van der Waals surface area (Å²) in [6.45, 7) is 1.00. The first-order valence-corrected chi connectivity index (χ1v) is 10.9. The van der Waals surface area contributed by atoms with Crippen LogP contribution in [0.25, 0.3) is 0 Å². The standard InChI is InChI=1S/C24H23FN4O4/c25-19-6-13(1-2-14(19)11-26)22(31)28-16-7-24(8-16)9-17(10-24)33-23-18(21(27)30)5-15-12-32-4-3-20(15)29-23/h1-2,5-6,16-17H,3-4,7-10,12H2,(H2,27,30)(H,28,31). The molecule has 2 amide bonds. The molecule has 1 spiro atoms. The lowest BCUT2D eigenvalue weighted by molar-refractivity contribution is -0.0849. The van der Waals surface area contributed by atoms with Gasteiger partial charge in [0.1, 0.15) is 23.6 Å². The number of nitriles is 1. The minimum Gasteiger partial charge on any atom is -0.474 e. The SMILES string of the molecule is N#Cc1ccc(C(=O)NC2CC3(C2)CC(Oc2nc4c(cc2C(N)=O)COCC4)C3)cc1F. The molecule has 5 rings (SSSR count). The van der Waals surface area contributed by atoms with Crippen molar-refractivity contribution in [2.24, 2.45) is 11.1 Å². The number of pyridine rings is 1. The average Bonchev–Trinajstić information content (AvgIpc) is 2.75. The molecule has 1 aliphatic heterocycles. The van der Waals surface area contributed by atoms with Gasteiger partial charge < -0.3 is 20.5 Å². The summed E-state index contributed by atoms with van der Waals surface area (Å²) in [4.78, 5) is 28.8. The first-order chi connectivity index (χ1) is 15.9. The predicted molar refractivity (Wildman–Crippen MR) is 114 cm³/mol. The quantitative estimate of drug-likeness (QED) is 0.720. The Morgan fingerprint density at radius 2 is 2.06 bits per heavy atom. The number of ether oxygens (including phenoxy) is 2. The van der Waals surface area contributed by atoms with Gasteiger partial charge in [-0.3, -0.25) is 9.59 Å². The van der Waals surface area contributed by atoms with E-state index in [1.807, 2.05) is 0 Å². The minimum atomic E-state index is -0.701. The highest BCUT2D eigenvalue weighted by atomic mass is 19.1. The van der Waals surface area contributed by atoms with Gasteiger partial charge in [0.25, 0.3) is 11.8 Å². The number of aromatic nitrogens is 1. The Kier molecular flexibility index (Phi) is 5.25. The van der Waals surface area contributed by atoms with Gasteiger partial charge in [0.2, 0.25) is 5.88 Å². The predicted octanol–water partition coefficient (Wildman–Crippen LogP) is 2.38. The zero-order valence-corrected chi connectivity index (χ0v) is 17.9. The van der Waals surface area contributed by atoms with Crippen LogP contribution < -0.4 is 15.8 Å². The number of primary amides is 1. The van der Waals surface area contributed by atoms with Crippen molar-refractivity contribution in [2.75, 3.05) is 6.61 Å². The first-order valence-electron chi connectivity index (χ1n) is 10.9. The second-order valence-electron chi connectivity index (χ2n) is 9.15. The van der Waals surface area contributed by atoms with Gasteiger partial charge in [-0.25, -0.2) is 9.37 Å². The molecule has 2 saturated carbocycles. The Bertz CT molecular complexity index is 1180. The van der Waals surface area contributed by atoms with Crippen LogP contribution in [0.5, 0.6) is 5.88 Å². The van der Waals surface area contributed by atoms with Crippen LogP contribution in [-0.4, -0.2) is 35.6 Å². The number of amides is 2. The maximum atomic E-state index is 13.8. The van der Waals surface area contributed by atoms with E-state index in [1.165, 1.54) is 12.1 Å². The third-order valence-electron chi connectivity index (χ3n) is 6.81. The molecular weight excluding hydrogens is 427 g/mol. The molecule has 1 aromatic carbocycles. The molecule has 0 bridgehead atoms. The number of fused-ring (bicyclic) bond motifs is 1. The van der Waals surface area contributed by atoms with Gasteiger partial charge in [-0.15, -0.1) is 0 Å². The fourth-order valence-corrected chi connectivity index (χ4v) is 5.12. The van der Waals surface area contributed by atoms with Crippen LogP contribution in [0.2, 0.25) is 0 Å². The fourth-order valence-electron chi connectivity index (χ4n) is 5.12. The zero-order valence-electron chi connectivity index (χ0n) is 17.9. The molecule has 1 aromatic heterocycles. The average molecular weight is 450 g/mol. The number of nitrogens with zero attached hydrogens (tertiary/aromatic N) is 2. The number of rotatable bonds is 5. The number of benzene rings is 1. The van der Waals surface area contributed by atoms with Crippen LogP contribution in [0.1, 0.15) is 63.2 Å². The van der Waals surface area contributed by atoms with Crippen LogP contribution in [0.3, 0.4) is 0 Å². The minimum absolute atomic E-state index is 0.0141. The van der Waals surface area contributed by atoms with E-state index in [0.717, 1.165) is 43.0 Å². The maximum absolute atomic E-state index is 13.8. The summed E-state index contributed by atoms with van der Waals surface area (Å²) in [6, 6.07) is 7.32. The van der Waals surface area contributed by atoms with E-state index in [4.69, 9.17) is 20.5 Å². The number of carbonyl (C=O) groups excluding carboxylic acids is 2. The molecule has 9 heteroatoms. The van der Waals surface area contributed by atoms with Gasteiger partial charge in [-0.1, -0.05) is 0 Å². The van der Waals surface area contributed by atoms with Gasteiger partial charge >= 0.3 is 0 Å². The number of nitrogens with one attached hydrogen (secondary N) is 1. The summed E-state index contributed by atoms with van der Waals surface area (Å²) >= 11 is 0. The molecule has 2 fully saturated rings. The summed E-state index contributed by atoms with van der Waals surface area (Å²) in [6.07, 6.45) is 3.86. The summed E-state index contributed by atoms with van der Waals surface area (Å²) < 4.78 is 25.2. The number of hydrogen-bond donors (Lipinski definition) is 2. The third kappa shape index (κ3) is 4.02. The molecule has 0 radical (unpaired) electrons. The summed E-state index contributed by atoms with van der Waals surface area (Å²) in [7, 11) is 0. The first kappa shape index (κ1) is 21.3. The lowest BCUT2D eigenvalue weighted by Gasteiger charge is -2.57. The topological polar surface area (TPSA) is 127 Å². The molecule has 3 aliphatic rings. The van der Waals surface area contributed by atoms with Gasteiger partial charge in [0.05, 0.1) is 24.5 Å². The second-order valence-corrected chi connectivity index (χ2v) is 9.15. The van der Waals surface area contributed by atoms with Crippen molar-refractivity contribution in [3.05, 3.63) is 58.0 Å². The molecule has 33 heavy (non-hydrogen) atoms. The maximum Gasteiger partial charge on any atom is 0.254 e. The van der Waals surface area contributed by atoms with Crippen molar-refractivity contribution in [3.63, 3.8) is 0 Å². The van der Waals surface area contributed by atoms with Gasteiger partial charge in [-0.2, -0.15) is 5.26 Å². The number of halogens is 1. The normalized spacial score (nSPS) is 25.2. The summed E-state index contributed by atoms with van der Waals surface area (Å²) in [5.41, 5.74) is 7.76. The Labute approximate surface area is 189 Å². The highest BCUT2D eigenvalue weighted by Gasteiger charge is 2.54. The monoisotopic (exact) mass is 450 g/mol. The van der Waals surface area contributed by atoms with Crippen molar-refractivity contribution in [1.82, 2.24) is 10.3 Å². The van der Waals surface area contributed by atoms with Crippen molar-refractivity contribution in [1.29, 1.82) is 5.26 Å². The molecule has 3 N–H and O–H groups in total. The fraction of sp³-hybridized carbons (Fsp3) is 0.417. The van der Waals surface area contributed by atoms with E-state index < -0.39 is 11.7 Å². The Morgan fingerprint density at radius 1 is 1.27 bits per heavy atom. The molecule has 8 nitrogen and oxygen atoms in total. The van der Waals surface area contributed by atoms with E-state index in [-0.39, 0.29) is 46.0 Å². The van der Waals surface area contributed by atoms with Gasteiger partial charge in [0, 0.05) is 23.6 Å². The molecular formula is C24H23FN4O4. The van der Waals surface area contributed by atoms with Crippen molar-refractivity contribution in [2.45, 2.75) is 50.9 Å². The van der Waals surface area contributed by atoms with Crippen LogP contribution in [-0.2, 0) is 17.8 Å². The van der Waals surface area contributed by atoms with E-state index in [9.17, 15) is 14.0 Å². The van der Waals surface area contributed by atoms with Crippen LogP contribution in [0, 0.1) is 22.6 Å². The van der Waals surface area contributed by atoms with Gasteiger partial charge in [-0.05, 0) is 55.4 Å². The van der Waals surface area contributed by atoms with Crippen LogP contribution >= 0.6 is 0 Å². The van der Waals surface area contributed by atoms with Crippen molar-refractivity contribution < 1.29 is 23.5 Å². The zero-order chi connectivity index (χ0) is 23.2. The molecule has 170 valence electrons. The summed E-state index contributed by atoms with van der Waals surface area (Å²) in [5.74, 6) is -1.34. The second kappa shape index (κ2) is 8.12. The van der Waals surface area contributed by atoms with Crippen molar-refractivity contribution in [3.8, 4) is 11.9 Å². The number of nitrogens with two attached hydrogens (primary N) is 1. The van der Waals surface area contributed by atoms with E-state index in [1.54, 1.807) is 12.1 Å². The Hall–Kier alpha value is -3.51. The lowest BCUT2D eigenvalue weighted by Crippen LogP contribution is -2.58. The third-order valence-corrected chi connectivity index (χ3v) is 6.81. The lowest BCUT2D eigenvalue weighted by atomic mass is 9.53. The highest BCUT2D eigenvalue weighted by molar-refractivity contribution is 5.95. The van der Waals surface area contributed by atoms with Gasteiger partial charge in [0.15, 0.2) is 0 Å². The number of carbonyl (C=O) groups is 2. The smallest absolute Gasteiger partial charge is 0.254 e. The molecule has 0 saturated heterocycles. The Balaban J connectivity index is 1.16. The molecule has 2 heterocycles. The van der Waals surface area contributed by atoms with Crippen LogP contribution in [0.15, 0.2) is 24.3 Å². The molecule has 0 unspecified atom stereocenters. The van der Waals surface area contributed by atoms with Crippen molar-refractivity contribution >= 4 is 11.8 Å². The van der Waals surface area contributed by atoms with E-state index >= 15 is 0 Å². The Morgan fingerprint density at radius 3 is 2.76 bits per heavy atom. The molecule has 2 aromatic rings. The van der Waals surface area contributed by atoms with E-state index in [2.05, 4.69) is 10.3 Å². The summed E-state index contributed by atoms with van der Waals surface area (Å²) in [5, 5.41) is 11.7. The molecule has 2 aliphatic carbocycles. The number of hydrogen-bond acceptors (Lipinski definition) is 6. The van der Waals surface area contributed by atoms with E-state index in [0.29, 0.717) is 19.6 Å². The van der Waals surface area contributed by atoms with Crippen LogP contribution in [0.4, 0.5) is 4.39 Å². The largest absolute Gasteiger partial charge is 0.474 e. The molecule has 0 atom stereocenters.